The van der Waals surface area contributed by atoms with Gasteiger partial charge in [0.25, 0.3) is 5.91 Å². The Morgan fingerprint density at radius 1 is 1.40 bits per heavy atom. The Hall–Kier alpha value is -2.13. The largest absolute Gasteiger partial charge is 0.361 e. The van der Waals surface area contributed by atoms with Gasteiger partial charge in [-0.2, -0.15) is 5.26 Å². The van der Waals surface area contributed by atoms with E-state index in [4.69, 9.17) is 17.5 Å². The molecule has 5 nitrogen and oxygen atoms in total. The molecule has 0 bridgehead atoms. The van der Waals surface area contributed by atoms with Crippen LogP contribution in [-0.4, -0.2) is 17.6 Å². The molecule has 0 atom stereocenters. The van der Waals surface area contributed by atoms with E-state index in [9.17, 15) is 4.79 Å². The number of carbonyl (C=O) groups excluding carboxylic acids is 1. The topological polar surface area (TPSA) is 76.9 Å². The number of hydrogen-bond donors (Lipinski definition) is 3. The highest BCUT2D eigenvalue weighted by Crippen LogP contribution is 2.03. The van der Waals surface area contributed by atoms with E-state index in [0.29, 0.717) is 22.2 Å². The van der Waals surface area contributed by atoms with Gasteiger partial charge in [-0.25, -0.2) is 0 Å². The van der Waals surface area contributed by atoms with Crippen LogP contribution in [0.1, 0.15) is 36.2 Å². The maximum Gasteiger partial charge on any atom is 0.269 e. The van der Waals surface area contributed by atoms with Crippen LogP contribution < -0.4 is 16.2 Å². The van der Waals surface area contributed by atoms with Crippen molar-refractivity contribution in [2.45, 2.75) is 20.3 Å². The van der Waals surface area contributed by atoms with Gasteiger partial charge >= 0.3 is 0 Å². The van der Waals surface area contributed by atoms with Crippen LogP contribution in [0.25, 0.3) is 0 Å². The van der Waals surface area contributed by atoms with Crippen molar-refractivity contribution in [2.75, 3.05) is 6.54 Å². The molecule has 1 amide bonds. The van der Waals surface area contributed by atoms with E-state index in [1.807, 2.05) is 6.07 Å². The average Bonchev–Trinajstić information content (AvgIpc) is 2.44. The van der Waals surface area contributed by atoms with Crippen LogP contribution in [0.2, 0.25) is 0 Å². The van der Waals surface area contributed by atoms with Gasteiger partial charge in [0.15, 0.2) is 5.11 Å². The second-order valence-electron chi connectivity index (χ2n) is 4.71. The minimum absolute atomic E-state index is 0.338. The van der Waals surface area contributed by atoms with Crippen molar-refractivity contribution in [3.8, 4) is 6.07 Å². The third-order valence-electron chi connectivity index (χ3n) is 2.55. The summed E-state index contributed by atoms with van der Waals surface area (Å²) in [6, 6.07) is 8.44. The first-order valence-corrected chi connectivity index (χ1v) is 6.78. The molecule has 0 aliphatic carbocycles. The quantitative estimate of drug-likeness (QED) is 0.581. The molecule has 0 spiro atoms. The third-order valence-corrected chi connectivity index (χ3v) is 2.80. The van der Waals surface area contributed by atoms with Crippen LogP contribution in [-0.2, 0) is 0 Å². The summed E-state index contributed by atoms with van der Waals surface area (Å²) in [6.07, 6.45) is 1.000. The minimum Gasteiger partial charge on any atom is -0.361 e. The van der Waals surface area contributed by atoms with Crippen LogP contribution in [0.3, 0.4) is 0 Å². The Labute approximate surface area is 124 Å². The number of hydrazine groups is 1. The molecule has 0 fully saturated rings. The molecule has 106 valence electrons. The molecule has 1 rings (SSSR count). The summed E-state index contributed by atoms with van der Waals surface area (Å²) in [5.41, 5.74) is 5.96. The SMILES string of the molecule is CC(C)CCNC(=S)NNC(=O)c1cccc(C#N)c1. The van der Waals surface area contributed by atoms with Gasteiger partial charge in [0.1, 0.15) is 0 Å². The first-order valence-electron chi connectivity index (χ1n) is 6.37. The number of thiocarbonyl (C=S) groups is 1. The van der Waals surface area contributed by atoms with E-state index in [2.05, 4.69) is 30.0 Å². The summed E-state index contributed by atoms with van der Waals surface area (Å²) < 4.78 is 0. The van der Waals surface area contributed by atoms with E-state index < -0.39 is 0 Å². The van der Waals surface area contributed by atoms with Crippen LogP contribution >= 0.6 is 12.2 Å². The highest BCUT2D eigenvalue weighted by atomic mass is 32.1. The maximum absolute atomic E-state index is 11.8. The molecule has 20 heavy (non-hydrogen) atoms. The number of amides is 1. The van der Waals surface area contributed by atoms with E-state index >= 15 is 0 Å². The summed E-state index contributed by atoms with van der Waals surface area (Å²) in [4.78, 5) is 11.8. The zero-order valence-corrected chi connectivity index (χ0v) is 12.4. The Balaban J connectivity index is 2.39. The van der Waals surface area contributed by atoms with Gasteiger partial charge in [-0.3, -0.25) is 15.6 Å². The molecule has 3 N–H and O–H groups in total. The van der Waals surface area contributed by atoms with E-state index in [0.717, 1.165) is 13.0 Å². The molecule has 0 radical (unpaired) electrons. The molecule has 0 unspecified atom stereocenters. The van der Waals surface area contributed by atoms with Gasteiger partial charge in [0.2, 0.25) is 0 Å². The Kier molecular flexibility index (Phi) is 6.47. The zero-order chi connectivity index (χ0) is 15.0. The summed E-state index contributed by atoms with van der Waals surface area (Å²) >= 11 is 5.03. The number of rotatable bonds is 4. The molecule has 0 saturated heterocycles. The van der Waals surface area contributed by atoms with Crippen molar-refractivity contribution < 1.29 is 4.79 Å². The maximum atomic E-state index is 11.8. The number of hydrogen-bond acceptors (Lipinski definition) is 3. The molecule has 1 aromatic rings. The van der Waals surface area contributed by atoms with Gasteiger partial charge in [-0.1, -0.05) is 19.9 Å². The average molecular weight is 290 g/mol. The fourth-order valence-corrected chi connectivity index (χ4v) is 1.59. The summed E-state index contributed by atoms with van der Waals surface area (Å²) in [6.45, 7) is 5.01. The monoisotopic (exact) mass is 290 g/mol. The molecule has 6 heteroatoms. The van der Waals surface area contributed by atoms with Crippen molar-refractivity contribution in [3.05, 3.63) is 35.4 Å². The van der Waals surface area contributed by atoms with Crippen LogP contribution in [0, 0.1) is 17.2 Å². The highest BCUT2D eigenvalue weighted by Gasteiger charge is 2.06. The first kappa shape index (κ1) is 15.9. The number of carbonyl (C=O) groups is 1. The van der Waals surface area contributed by atoms with Crippen molar-refractivity contribution in [3.63, 3.8) is 0 Å². The fourth-order valence-electron chi connectivity index (χ4n) is 1.43. The summed E-state index contributed by atoms with van der Waals surface area (Å²) in [5, 5.41) is 12.1. The van der Waals surface area contributed by atoms with Crippen LogP contribution in [0.15, 0.2) is 24.3 Å². The van der Waals surface area contributed by atoms with Crippen LogP contribution in [0.4, 0.5) is 0 Å². The molecular formula is C14H18N4OS. The van der Waals surface area contributed by atoms with Crippen LogP contribution in [0.5, 0.6) is 0 Å². The van der Waals surface area contributed by atoms with E-state index in [-0.39, 0.29) is 5.91 Å². The van der Waals surface area contributed by atoms with E-state index in [1.54, 1.807) is 18.2 Å². The Morgan fingerprint density at radius 3 is 2.80 bits per heavy atom. The lowest BCUT2D eigenvalue weighted by atomic mass is 10.1. The number of nitrogens with one attached hydrogen (secondary N) is 3. The minimum atomic E-state index is -0.338. The number of nitrogens with zero attached hydrogens (tertiary/aromatic N) is 1. The number of benzene rings is 1. The molecule has 0 heterocycles. The smallest absolute Gasteiger partial charge is 0.269 e. The molecule has 0 saturated carbocycles. The Bertz CT molecular complexity index is 522. The first-order chi connectivity index (χ1) is 9.52. The molecule has 1 aromatic carbocycles. The predicted octanol–water partition coefficient (Wildman–Crippen LogP) is 1.71. The lowest BCUT2D eigenvalue weighted by Gasteiger charge is -2.12. The third kappa shape index (κ3) is 5.67. The van der Waals surface area contributed by atoms with Gasteiger partial charge in [0.05, 0.1) is 11.6 Å². The van der Waals surface area contributed by atoms with Crippen molar-refractivity contribution in [1.29, 1.82) is 5.26 Å². The van der Waals surface area contributed by atoms with Gasteiger partial charge in [-0.15, -0.1) is 0 Å². The van der Waals surface area contributed by atoms with Crippen molar-refractivity contribution in [2.24, 2.45) is 5.92 Å². The standard InChI is InChI=1S/C14H18N4OS/c1-10(2)6-7-16-14(20)18-17-13(19)12-5-3-4-11(8-12)9-15/h3-5,8,10H,6-7H2,1-2H3,(H,17,19)(H2,16,18,20). The summed E-state index contributed by atoms with van der Waals surface area (Å²) in [5.74, 6) is 0.253. The lowest BCUT2D eigenvalue weighted by molar-refractivity contribution is 0.0943. The van der Waals surface area contributed by atoms with Crippen molar-refractivity contribution in [1.82, 2.24) is 16.2 Å². The molecular weight excluding hydrogens is 272 g/mol. The number of nitriles is 1. The predicted molar refractivity (Wildman–Crippen MR) is 81.8 cm³/mol. The molecule has 0 aromatic heterocycles. The summed E-state index contributed by atoms with van der Waals surface area (Å²) in [7, 11) is 0. The van der Waals surface area contributed by atoms with Crippen molar-refractivity contribution >= 4 is 23.2 Å². The molecule has 0 aliphatic heterocycles. The highest BCUT2D eigenvalue weighted by molar-refractivity contribution is 7.80. The Morgan fingerprint density at radius 2 is 2.15 bits per heavy atom. The normalized spacial score (nSPS) is 9.70. The van der Waals surface area contributed by atoms with Gasteiger partial charge in [-0.05, 0) is 42.8 Å². The zero-order valence-electron chi connectivity index (χ0n) is 11.6. The molecule has 0 aliphatic rings. The fraction of sp³-hybridized carbons (Fsp3) is 0.357. The second kappa shape index (κ2) is 8.12. The van der Waals surface area contributed by atoms with Gasteiger partial charge in [0, 0.05) is 12.1 Å². The second-order valence-corrected chi connectivity index (χ2v) is 5.12. The lowest BCUT2D eigenvalue weighted by Crippen LogP contribution is -2.47. The van der Waals surface area contributed by atoms with Gasteiger partial charge < -0.3 is 5.32 Å². The van der Waals surface area contributed by atoms with E-state index in [1.165, 1.54) is 6.07 Å².